The predicted molar refractivity (Wildman–Crippen MR) is 356 cm³/mol. The van der Waals surface area contributed by atoms with Crippen molar-refractivity contribution < 1.29 is 89.4 Å². The summed E-state index contributed by atoms with van der Waals surface area (Å²) in [5, 5.41) is 120. The maximum Gasteiger partial charge on any atom is 0.220 e. The minimum atomic E-state index is -1.98. The topological polar surface area (TPSA) is 307 Å². The molecule has 91 heavy (non-hydrogen) atoms. The molecule has 17 unspecified atom stereocenters. The highest BCUT2D eigenvalue weighted by atomic mass is 16.8. The second-order valence-electron chi connectivity index (χ2n) is 26.0. The number of aliphatic hydroxyl groups is 11. The third-order valence-corrected chi connectivity index (χ3v) is 18.1. The van der Waals surface area contributed by atoms with E-state index in [1.54, 1.807) is 6.08 Å². The second kappa shape index (κ2) is 53.8. The van der Waals surface area contributed by atoms with Crippen molar-refractivity contribution in [1.29, 1.82) is 0 Å². The Morgan fingerprint density at radius 3 is 1.10 bits per heavy atom. The van der Waals surface area contributed by atoms with Crippen LogP contribution < -0.4 is 5.32 Å². The minimum Gasteiger partial charge on any atom is -0.394 e. The van der Waals surface area contributed by atoms with Gasteiger partial charge in [-0.25, -0.2) is 0 Å². The van der Waals surface area contributed by atoms with Crippen LogP contribution in [0.1, 0.15) is 271 Å². The minimum absolute atomic E-state index is 0.221. The summed E-state index contributed by atoms with van der Waals surface area (Å²) in [5.41, 5.74) is 0. The first-order valence-corrected chi connectivity index (χ1v) is 36.4. The SMILES string of the molecule is CCCCCCCC/C=C\CCCCCCCC(=O)NC(COC1OC(CO)C(OC2OC(CO)C(OC3OC(CO)C(O)C(O)C3O)C(O)C2O)C(O)C1O)C(O)/C=C/CC/C=C/CC/C=C/CCCCCCCCCCCCCCCCCCCCCCC. The van der Waals surface area contributed by atoms with E-state index in [2.05, 4.69) is 55.6 Å². The summed E-state index contributed by atoms with van der Waals surface area (Å²) in [6, 6.07) is -1.00. The fraction of sp³-hybridized carbons (Fsp3) is 0.875. The van der Waals surface area contributed by atoms with E-state index in [4.69, 9.17) is 28.4 Å². The summed E-state index contributed by atoms with van der Waals surface area (Å²) in [6.07, 6.45) is 38.3. The standard InChI is InChI=1S/C72H131NO18/c1-3-5-7-9-11-13-15-17-19-20-21-22-23-24-25-26-27-28-29-30-31-32-33-34-36-37-39-41-43-45-47-49-56(77)55(73-60(78)50-48-46-44-42-40-38-35-18-16-14-12-10-8-6-4-2)54-86-70-66(84)63(81)68(58(52-75)88-70)91-72-67(85)64(82)69(59(53-76)89-72)90-71-65(83)62(80)61(79)57(51-74)87-71/h18,33-35,39,41,47,49,55-59,61-72,74-77,79-85H,3-17,19-32,36-38,40,42-46,48,50-54H2,1-2H3,(H,73,78)/b34-33+,35-18-,41-39+,49-47+. The van der Waals surface area contributed by atoms with Crippen LogP contribution in [0.15, 0.2) is 48.6 Å². The highest BCUT2D eigenvalue weighted by Crippen LogP contribution is 2.33. The van der Waals surface area contributed by atoms with Crippen molar-refractivity contribution in [2.45, 2.75) is 375 Å². The number of nitrogens with one attached hydrogen (secondary N) is 1. The number of unbranched alkanes of at least 4 members (excludes halogenated alkanes) is 34. The monoisotopic (exact) mass is 1300 g/mol. The van der Waals surface area contributed by atoms with Gasteiger partial charge in [-0.1, -0.05) is 242 Å². The van der Waals surface area contributed by atoms with E-state index >= 15 is 0 Å². The van der Waals surface area contributed by atoms with Gasteiger partial charge in [-0.15, -0.1) is 0 Å². The number of carbonyl (C=O) groups is 1. The molecule has 0 aromatic heterocycles. The molecule has 0 bridgehead atoms. The van der Waals surface area contributed by atoms with Crippen molar-refractivity contribution in [3.63, 3.8) is 0 Å². The number of hydrogen-bond acceptors (Lipinski definition) is 18. The molecule has 12 N–H and O–H groups in total. The van der Waals surface area contributed by atoms with Crippen molar-refractivity contribution in [2.24, 2.45) is 0 Å². The predicted octanol–water partition coefficient (Wildman–Crippen LogP) is 10.2. The molecule has 0 radical (unpaired) electrons. The molecular formula is C72H131NO18. The molecule has 19 nitrogen and oxygen atoms in total. The lowest BCUT2D eigenvalue weighted by atomic mass is 9.96. The van der Waals surface area contributed by atoms with E-state index in [0.717, 1.165) is 64.2 Å². The molecule has 19 heteroatoms. The van der Waals surface area contributed by atoms with Crippen LogP contribution in [0.5, 0.6) is 0 Å². The summed E-state index contributed by atoms with van der Waals surface area (Å²) in [6.45, 7) is 1.71. The summed E-state index contributed by atoms with van der Waals surface area (Å²) >= 11 is 0. The van der Waals surface area contributed by atoms with Gasteiger partial charge < -0.3 is 89.9 Å². The Kier molecular flexibility index (Phi) is 49.1. The zero-order valence-corrected chi connectivity index (χ0v) is 56.3. The van der Waals surface area contributed by atoms with Crippen molar-refractivity contribution in [3.8, 4) is 0 Å². The summed E-state index contributed by atoms with van der Waals surface area (Å²) < 4.78 is 34.3. The molecule has 0 saturated carbocycles. The third kappa shape index (κ3) is 35.5. The molecule has 3 aliphatic rings. The summed E-state index contributed by atoms with van der Waals surface area (Å²) in [4.78, 5) is 13.4. The first-order valence-electron chi connectivity index (χ1n) is 36.4. The first-order chi connectivity index (χ1) is 44.3. The Balaban J connectivity index is 1.41. The molecule has 532 valence electrons. The van der Waals surface area contributed by atoms with Crippen LogP contribution in [-0.2, 0) is 33.2 Å². The van der Waals surface area contributed by atoms with Crippen LogP contribution in [0.2, 0.25) is 0 Å². The van der Waals surface area contributed by atoms with Crippen molar-refractivity contribution in [3.05, 3.63) is 48.6 Å². The molecule has 3 fully saturated rings. The van der Waals surface area contributed by atoms with Gasteiger partial charge in [0.1, 0.15) is 73.2 Å². The van der Waals surface area contributed by atoms with E-state index in [1.807, 2.05) is 6.08 Å². The number of aliphatic hydroxyl groups excluding tert-OH is 11. The Labute approximate surface area is 548 Å². The van der Waals surface area contributed by atoms with Crippen LogP contribution in [0, 0.1) is 0 Å². The maximum absolute atomic E-state index is 13.4. The quantitative estimate of drug-likeness (QED) is 0.0199. The van der Waals surface area contributed by atoms with Gasteiger partial charge in [-0.3, -0.25) is 4.79 Å². The normalized spacial score (nSPS) is 28.1. The Bertz CT molecular complexity index is 1840. The average Bonchev–Trinajstić information content (AvgIpc) is 0.883. The lowest BCUT2D eigenvalue weighted by Crippen LogP contribution is -2.66. The van der Waals surface area contributed by atoms with Crippen molar-refractivity contribution in [1.82, 2.24) is 5.32 Å². The lowest BCUT2D eigenvalue weighted by molar-refractivity contribution is -0.379. The highest BCUT2D eigenvalue weighted by Gasteiger charge is 2.53. The summed E-state index contributed by atoms with van der Waals surface area (Å²) in [5.74, 6) is -0.298. The van der Waals surface area contributed by atoms with Crippen LogP contribution in [0.3, 0.4) is 0 Å². The molecule has 0 aliphatic carbocycles. The Morgan fingerprint density at radius 2 is 0.703 bits per heavy atom. The van der Waals surface area contributed by atoms with E-state index in [0.29, 0.717) is 12.8 Å². The molecule has 3 rings (SSSR count). The first kappa shape index (κ1) is 83.0. The van der Waals surface area contributed by atoms with E-state index in [1.165, 1.54) is 173 Å². The number of ether oxygens (including phenoxy) is 6. The van der Waals surface area contributed by atoms with Gasteiger partial charge in [0, 0.05) is 6.42 Å². The molecule has 3 saturated heterocycles. The van der Waals surface area contributed by atoms with Crippen LogP contribution in [-0.4, -0.2) is 193 Å². The number of hydrogen-bond donors (Lipinski definition) is 12. The molecule has 0 aromatic carbocycles. The smallest absolute Gasteiger partial charge is 0.220 e. The van der Waals surface area contributed by atoms with Crippen molar-refractivity contribution in [2.75, 3.05) is 26.4 Å². The van der Waals surface area contributed by atoms with E-state index in [9.17, 15) is 61.0 Å². The van der Waals surface area contributed by atoms with Crippen LogP contribution in [0.4, 0.5) is 0 Å². The van der Waals surface area contributed by atoms with Gasteiger partial charge in [0.05, 0.1) is 38.6 Å². The van der Waals surface area contributed by atoms with Gasteiger partial charge in [-0.2, -0.15) is 0 Å². The molecule has 3 heterocycles. The largest absolute Gasteiger partial charge is 0.394 e. The molecule has 0 aromatic rings. The zero-order chi connectivity index (χ0) is 66.1. The van der Waals surface area contributed by atoms with Crippen LogP contribution >= 0.6 is 0 Å². The Hall–Kier alpha value is -2.25. The molecule has 0 spiro atoms. The third-order valence-electron chi connectivity index (χ3n) is 18.1. The number of amides is 1. The van der Waals surface area contributed by atoms with E-state index in [-0.39, 0.29) is 18.9 Å². The highest BCUT2D eigenvalue weighted by molar-refractivity contribution is 5.76. The summed E-state index contributed by atoms with van der Waals surface area (Å²) in [7, 11) is 0. The maximum atomic E-state index is 13.4. The fourth-order valence-corrected chi connectivity index (χ4v) is 12.2. The molecular weight excluding hydrogens is 1170 g/mol. The molecule has 1 amide bonds. The van der Waals surface area contributed by atoms with Gasteiger partial charge in [0.15, 0.2) is 18.9 Å². The second-order valence-corrected chi connectivity index (χ2v) is 26.0. The van der Waals surface area contributed by atoms with Gasteiger partial charge >= 0.3 is 0 Å². The molecule has 17 atom stereocenters. The number of carbonyl (C=O) groups excluding carboxylic acids is 1. The van der Waals surface area contributed by atoms with Crippen molar-refractivity contribution >= 4 is 5.91 Å². The number of rotatable bonds is 56. The van der Waals surface area contributed by atoms with Gasteiger partial charge in [0.2, 0.25) is 5.91 Å². The van der Waals surface area contributed by atoms with Crippen LogP contribution in [0.25, 0.3) is 0 Å². The number of allylic oxidation sites excluding steroid dienone is 7. The van der Waals surface area contributed by atoms with E-state index < -0.39 is 124 Å². The zero-order valence-electron chi connectivity index (χ0n) is 56.3. The van der Waals surface area contributed by atoms with Gasteiger partial charge in [-0.05, 0) is 70.6 Å². The molecule has 3 aliphatic heterocycles. The van der Waals surface area contributed by atoms with Gasteiger partial charge in [0.25, 0.3) is 0 Å². The Morgan fingerprint density at radius 1 is 0.385 bits per heavy atom. The lowest BCUT2D eigenvalue weighted by Gasteiger charge is -2.48. The average molecular weight is 1300 g/mol. The fourth-order valence-electron chi connectivity index (χ4n) is 12.2.